The number of aliphatic hydroxyl groups excluding tert-OH is 3. The molecule has 1 heterocycles. The number of hydrogen-bond donors (Lipinski definition) is 6. The van der Waals surface area contributed by atoms with E-state index in [4.69, 9.17) is 30.6 Å². The van der Waals surface area contributed by atoms with Crippen LogP contribution in [0.2, 0.25) is 0 Å². The Morgan fingerprint density at radius 2 is 1.29 bits per heavy atom. The van der Waals surface area contributed by atoms with Gasteiger partial charge in [-0.15, -0.1) is 0 Å². The number of carbonyl (C=O) groups is 5. The molecule has 34 heavy (non-hydrogen) atoms. The summed E-state index contributed by atoms with van der Waals surface area (Å²) in [4.78, 5) is 54.6. The fraction of sp³-hybridized carbons (Fsp3) is 0.562. The molecule has 0 saturated heterocycles. The van der Waals surface area contributed by atoms with E-state index in [0.717, 1.165) is 9.80 Å². The van der Waals surface area contributed by atoms with Gasteiger partial charge in [-0.1, -0.05) is 0 Å². The molecule has 0 aromatic rings. The van der Waals surface area contributed by atoms with E-state index in [1.807, 2.05) is 0 Å². The minimum atomic E-state index is -1.48. The molecular formula is C16H22N2Na2O14. The Balaban J connectivity index is -0.000000590. The molecule has 0 fully saturated rings. The second-order valence-electron chi connectivity index (χ2n) is 6.26. The number of hydrogen-bond acceptors (Lipinski definition) is 13. The van der Waals surface area contributed by atoms with E-state index in [0.29, 0.717) is 0 Å². The van der Waals surface area contributed by atoms with Crippen molar-refractivity contribution in [2.45, 2.75) is 12.2 Å². The summed E-state index contributed by atoms with van der Waals surface area (Å²) in [5.41, 5.74) is 0. The van der Waals surface area contributed by atoms with E-state index >= 15 is 0 Å². The van der Waals surface area contributed by atoms with Crippen LogP contribution in [0.5, 0.6) is 0 Å². The smallest absolute Gasteiger partial charge is 0.865 e. The molecular weight excluding hydrogens is 490 g/mol. The van der Waals surface area contributed by atoms with E-state index in [-0.39, 0.29) is 72.2 Å². The van der Waals surface area contributed by atoms with Gasteiger partial charge in [0.15, 0.2) is 6.10 Å². The molecule has 18 heteroatoms. The van der Waals surface area contributed by atoms with Gasteiger partial charge in [0, 0.05) is 25.4 Å². The molecule has 2 atom stereocenters. The predicted octanol–water partition coefficient (Wildman–Crippen LogP) is -12.0. The molecule has 1 aliphatic heterocycles. The maximum Gasteiger partial charge on any atom is 1.00 e. The monoisotopic (exact) mass is 512 g/mol. The largest absolute Gasteiger partial charge is 1.00 e. The molecule has 1 rings (SSSR count). The zero-order valence-electron chi connectivity index (χ0n) is 18.4. The van der Waals surface area contributed by atoms with Crippen molar-refractivity contribution in [2.24, 2.45) is 0 Å². The zero-order chi connectivity index (χ0) is 25.0. The van der Waals surface area contributed by atoms with E-state index in [1.165, 1.54) is 0 Å². The van der Waals surface area contributed by atoms with Gasteiger partial charge in [0.2, 0.25) is 0 Å². The number of nitrogens with zero attached hydrogens (tertiary/aromatic N) is 2. The van der Waals surface area contributed by atoms with Crippen molar-refractivity contribution in [2.75, 3.05) is 45.9 Å². The maximum atomic E-state index is 10.6. The van der Waals surface area contributed by atoms with Crippen LogP contribution in [0.4, 0.5) is 0 Å². The Morgan fingerprint density at radius 3 is 1.56 bits per heavy atom. The molecule has 0 saturated carbocycles. The number of esters is 1. The average molecular weight is 512 g/mol. The minimum Gasteiger partial charge on any atom is -0.865 e. The van der Waals surface area contributed by atoms with Crippen LogP contribution >= 0.6 is 0 Å². The average Bonchev–Trinajstić information content (AvgIpc) is 2.91. The van der Waals surface area contributed by atoms with Crippen LogP contribution in [0.3, 0.4) is 0 Å². The Hall–Kier alpha value is -1.47. The molecule has 0 radical (unpaired) electrons. The van der Waals surface area contributed by atoms with Crippen LogP contribution in [-0.4, -0.2) is 128 Å². The van der Waals surface area contributed by atoms with E-state index < -0.39 is 86.4 Å². The van der Waals surface area contributed by atoms with Crippen LogP contribution in [0.1, 0.15) is 0 Å². The third kappa shape index (κ3) is 15.4. The van der Waals surface area contributed by atoms with Crippen molar-refractivity contribution in [1.82, 2.24) is 9.80 Å². The molecule has 182 valence electrons. The zero-order valence-corrected chi connectivity index (χ0v) is 22.4. The second-order valence-corrected chi connectivity index (χ2v) is 6.26. The number of carboxylic acids is 4. The number of ether oxygens (including phenoxy) is 1. The molecule has 0 spiro atoms. The summed E-state index contributed by atoms with van der Waals surface area (Å²) in [5.74, 6) is -8.46. The SMILES string of the molecule is O=C([O-])CN(CCN(CC(=O)O)CC(=O)O)CC(=O)O.O=C1O[C@H]([C@@H](O)CO)C(O)=C1[O-].[Na+].[Na+]. The van der Waals surface area contributed by atoms with E-state index in [1.54, 1.807) is 0 Å². The van der Waals surface area contributed by atoms with Gasteiger partial charge in [0.25, 0.3) is 0 Å². The first kappa shape index (κ1) is 37.1. The predicted molar refractivity (Wildman–Crippen MR) is 93.4 cm³/mol. The summed E-state index contributed by atoms with van der Waals surface area (Å²) in [7, 11) is 0. The molecule has 1 aliphatic rings. The first-order valence-corrected chi connectivity index (χ1v) is 8.68. The summed E-state index contributed by atoms with van der Waals surface area (Å²) in [6.45, 7) is -3.20. The van der Waals surface area contributed by atoms with Gasteiger partial charge in [-0.3, -0.25) is 24.2 Å². The number of cyclic esters (lactones) is 1. The first-order chi connectivity index (χ1) is 14.8. The van der Waals surface area contributed by atoms with E-state index in [2.05, 4.69) is 4.74 Å². The Morgan fingerprint density at radius 1 is 0.912 bits per heavy atom. The molecule has 0 unspecified atom stereocenters. The molecule has 0 bridgehead atoms. The molecule has 0 amide bonds. The standard InChI is InChI=1S/C10H16N2O8.C6H8O6.2Na/c13-7(14)3-11(4-8(15)16)1-2-12(5-9(17)18)6-10(19)20;7-1-2(8)5-3(9)4(10)6(11)12-5;;/h1-6H2,(H,13,14)(H,15,16)(H,17,18)(H,19,20);2,5,7-10H,1H2;;/q;;2*+1/p-2/t;2-,5+;;/m.0../s1. The minimum absolute atomic E-state index is 0. The van der Waals surface area contributed by atoms with Crippen molar-refractivity contribution in [3.63, 3.8) is 0 Å². The third-order valence-corrected chi connectivity index (χ3v) is 3.62. The summed E-state index contributed by atoms with van der Waals surface area (Å²) < 4.78 is 4.25. The Bertz CT molecular complexity index is 679. The number of aliphatic hydroxyl groups is 3. The second kappa shape index (κ2) is 18.8. The summed E-state index contributed by atoms with van der Waals surface area (Å²) in [5, 5.41) is 73.0. The summed E-state index contributed by atoms with van der Waals surface area (Å²) >= 11 is 0. The van der Waals surface area contributed by atoms with Gasteiger partial charge in [-0.2, -0.15) is 0 Å². The van der Waals surface area contributed by atoms with Crippen LogP contribution in [-0.2, 0) is 28.7 Å². The van der Waals surface area contributed by atoms with Crippen LogP contribution in [0.15, 0.2) is 11.5 Å². The van der Waals surface area contributed by atoms with Crippen molar-refractivity contribution in [1.29, 1.82) is 0 Å². The fourth-order valence-electron chi connectivity index (χ4n) is 2.28. The summed E-state index contributed by atoms with van der Waals surface area (Å²) in [6.07, 6.45) is -2.88. The molecule has 16 nitrogen and oxygen atoms in total. The van der Waals surface area contributed by atoms with Gasteiger partial charge < -0.3 is 50.4 Å². The van der Waals surface area contributed by atoms with Crippen molar-refractivity contribution < 1.29 is 129 Å². The first-order valence-electron chi connectivity index (χ1n) is 8.68. The topological polar surface area (TPSA) is 269 Å². The number of aliphatic carboxylic acids is 4. The van der Waals surface area contributed by atoms with Gasteiger partial charge in [0.05, 0.1) is 32.2 Å². The van der Waals surface area contributed by atoms with Gasteiger partial charge >= 0.3 is 83.0 Å². The van der Waals surface area contributed by atoms with Crippen molar-refractivity contribution in [3.05, 3.63) is 11.5 Å². The Labute approximate surface area is 236 Å². The normalized spacial score (nSPS) is 15.4. The number of rotatable bonds is 13. The number of carbonyl (C=O) groups excluding carboxylic acids is 2. The molecule has 0 aliphatic carbocycles. The fourth-order valence-corrected chi connectivity index (χ4v) is 2.28. The van der Waals surface area contributed by atoms with Gasteiger partial charge in [0.1, 0.15) is 11.9 Å². The maximum absolute atomic E-state index is 10.6. The van der Waals surface area contributed by atoms with Gasteiger partial charge in [-0.25, -0.2) is 4.79 Å². The van der Waals surface area contributed by atoms with Crippen LogP contribution in [0, 0.1) is 0 Å². The van der Waals surface area contributed by atoms with Crippen molar-refractivity contribution in [3.8, 4) is 0 Å². The molecule has 0 aromatic carbocycles. The third-order valence-electron chi connectivity index (χ3n) is 3.62. The van der Waals surface area contributed by atoms with Crippen LogP contribution < -0.4 is 69.3 Å². The molecule has 6 N–H and O–H groups in total. The Kier molecular flexibility index (Phi) is 20.5. The van der Waals surface area contributed by atoms with E-state index in [9.17, 15) is 34.2 Å². The van der Waals surface area contributed by atoms with Crippen LogP contribution in [0.25, 0.3) is 0 Å². The number of carboxylic acid groups (broad SMARTS) is 4. The quantitative estimate of drug-likeness (QED) is 0.0987. The molecule has 0 aromatic heterocycles. The summed E-state index contributed by atoms with van der Waals surface area (Å²) in [6, 6.07) is 0. The van der Waals surface area contributed by atoms with Gasteiger partial charge in [-0.05, 0) is 0 Å². The van der Waals surface area contributed by atoms with Crippen molar-refractivity contribution >= 4 is 29.8 Å².